The van der Waals surface area contributed by atoms with Gasteiger partial charge in [-0.05, 0) is 23.8 Å². The van der Waals surface area contributed by atoms with Gasteiger partial charge < -0.3 is 28.9 Å². The number of aromatic nitrogens is 1. The van der Waals surface area contributed by atoms with Gasteiger partial charge >= 0.3 is 0 Å². The van der Waals surface area contributed by atoms with Crippen molar-refractivity contribution in [2.24, 2.45) is 0 Å². The number of hydrogen-bond donors (Lipinski definition) is 0. The zero-order chi connectivity index (χ0) is 14.7. The van der Waals surface area contributed by atoms with E-state index in [-0.39, 0.29) is 24.0 Å². The van der Waals surface area contributed by atoms with Gasteiger partial charge in [0.2, 0.25) is 0 Å². The van der Waals surface area contributed by atoms with Crippen LogP contribution in [0, 0.1) is 0 Å². The highest BCUT2D eigenvalue weighted by molar-refractivity contribution is 9.09. The second kappa shape index (κ2) is 8.36. The van der Waals surface area contributed by atoms with Crippen molar-refractivity contribution in [2.45, 2.75) is 17.9 Å². The van der Waals surface area contributed by atoms with Gasteiger partial charge in [-0.3, -0.25) is 0 Å². The standard InChI is InChI=1S/C17H18BrN2S.HI/c1-19-15-5-2-3-6-16(15)21-17(19)13-14-7-11-20(12-8-14)10-4-9-18;/h2-3,5-8,11-13H,4,9-10H2,1H3;1H/q+1;/p-1. The zero-order valence-electron chi connectivity index (χ0n) is 12.4. The van der Waals surface area contributed by atoms with Crippen molar-refractivity contribution in [3.05, 3.63) is 59.4 Å². The molecule has 0 fully saturated rings. The Morgan fingerprint density at radius 1 is 1.18 bits per heavy atom. The number of halogens is 2. The summed E-state index contributed by atoms with van der Waals surface area (Å²) in [4.78, 5) is 3.58. The van der Waals surface area contributed by atoms with Gasteiger partial charge in [0.1, 0.15) is 6.54 Å². The van der Waals surface area contributed by atoms with Gasteiger partial charge in [-0.15, -0.1) is 0 Å². The third-order valence-electron chi connectivity index (χ3n) is 3.53. The maximum atomic E-state index is 3.47. The summed E-state index contributed by atoms with van der Waals surface area (Å²) < 4.78 is 2.23. The van der Waals surface area contributed by atoms with E-state index in [1.54, 1.807) is 0 Å². The molecule has 0 radical (unpaired) electrons. The Bertz CT molecular complexity index is 658. The van der Waals surface area contributed by atoms with Crippen LogP contribution in [0.15, 0.2) is 58.7 Å². The summed E-state index contributed by atoms with van der Waals surface area (Å²) >= 11 is 5.30. The number of aryl methyl sites for hydroxylation is 1. The molecule has 1 aliphatic rings. The molecule has 0 aliphatic carbocycles. The largest absolute Gasteiger partial charge is 1.00 e. The number of alkyl halides is 1. The lowest BCUT2D eigenvalue weighted by molar-refractivity contribution is -0.696. The first-order chi connectivity index (χ1) is 10.3. The lowest BCUT2D eigenvalue weighted by Crippen LogP contribution is -3.00. The Kier molecular flexibility index (Phi) is 6.77. The van der Waals surface area contributed by atoms with Crippen molar-refractivity contribution in [1.82, 2.24) is 0 Å². The first-order valence-electron chi connectivity index (χ1n) is 7.05. The molecule has 22 heavy (non-hydrogen) atoms. The van der Waals surface area contributed by atoms with E-state index in [1.807, 2.05) is 11.8 Å². The molecule has 1 aromatic carbocycles. The quantitative estimate of drug-likeness (QED) is 0.364. The van der Waals surface area contributed by atoms with Gasteiger partial charge in [-0.2, -0.15) is 0 Å². The topological polar surface area (TPSA) is 7.12 Å². The number of hydrogen-bond acceptors (Lipinski definition) is 2. The predicted molar refractivity (Wildman–Crippen MR) is 93.7 cm³/mol. The van der Waals surface area contributed by atoms with Crippen LogP contribution in [-0.4, -0.2) is 12.4 Å². The second-order valence-electron chi connectivity index (χ2n) is 5.02. The van der Waals surface area contributed by atoms with Crippen molar-refractivity contribution in [1.29, 1.82) is 0 Å². The first-order valence-corrected chi connectivity index (χ1v) is 8.99. The van der Waals surface area contributed by atoms with Crippen LogP contribution in [-0.2, 0) is 6.54 Å². The van der Waals surface area contributed by atoms with Crippen LogP contribution in [0.1, 0.15) is 12.0 Å². The van der Waals surface area contributed by atoms with Gasteiger partial charge in [0.15, 0.2) is 12.4 Å². The molecule has 0 amide bonds. The average molecular weight is 489 g/mol. The molecule has 5 heteroatoms. The summed E-state index contributed by atoms with van der Waals surface area (Å²) in [6.45, 7) is 1.06. The monoisotopic (exact) mass is 488 g/mol. The average Bonchev–Trinajstić information content (AvgIpc) is 2.83. The Balaban J connectivity index is 0.00000176. The van der Waals surface area contributed by atoms with Crippen LogP contribution in [0.3, 0.4) is 0 Å². The maximum absolute atomic E-state index is 3.47. The molecular weight excluding hydrogens is 471 g/mol. The molecule has 0 spiro atoms. The molecule has 1 aliphatic heterocycles. The molecule has 0 N–H and O–H groups in total. The Hall–Kier alpha value is -0.530. The summed E-state index contributed by atoms with van der Waals surface area (Å²) in [7, 11) is 2.13. The Morgan fingerprint density at radius 3 is 2.59 bits per heavy atom. The number of benzene rings is 1. The molecule has 0 atom stereocenters. The Morgan fingerprint density at radius 2 is 1.91 bits per heavy atom. The molecule has 2 heterocycles. The number of thioether (sulfide) groups is 1. The van der Waals surface area contributed by atoms with E-state index in [0.717, 1.165) is 18.3 Å². The molecular formula is C17H18BrIN2S. The summed E-state index contributed by atoms with van der Waals surface area (Å²) in [5, 5.41) is 2.32. The fourth-order valence-corrected chi connectivity index (χ4v) is 3.71. The van der Waals surface area contributed by atoms with E-state index in [2.05, 4.69) is 87.3 Å². The van der Waals surface area contributed by atoms with Crippen LogP contribution >= 0.6 is 27.7 Å². The number of pyridine rings is 1. The summed E-state index contributed by atoms with van der Waals surface area (Å²) in [5.74, 6) is 0. The van der Waals surface area contributed by atoms with Gasteiger partial charge in [0.25, 0.3) is 0 Å². The third kappa shape index (κ3) is 4.06. The van der Waals surface area contributed by atoms with E-state index >= 15 is 0 Å². The van der Waals surface area contributed by atoms with Crippen molar-refractivity contribution < 1.29 is 28.5 Å². The first kappa shape index (κ1) is 17.8. The minimum absolute atomic E-state index is 0. The van der Waals surface area contributed by atoms with Crippen LogP contribution in [0.5, 0.6) is 0 Å². The molecule has 0 unspecified atom stereocenters. The van der Waals surface area contributed by atoms with Crippen molar-refractivity contribution in [3.8, 4) is 0 Å². The highest BCUT2D eigenvalue weighted by Gasteiger charge is 2.20. The molecule has 0 saturated carbocycles. The summed E-state index contributed by atoms with van der Waals surface area (Å²) in [6.07, 6.45) is 7.71. The second-order valence-corrected chi connectivity index (χ2v) is 6.88. The van der Waals surface area contributed by atoms with Crippen molar-refractivity contribution >= 4 is 39.5 Å². The maximum Gasteiger partial charge on any atom is 0.169 e. The molecule has 116 valence electrons. The number of nitrogens with zero attached hydrogens (tertiary/aromatic N) is 2. The molecule has 0 saturated heterocycles. The van der Waals surface area contributed by atoms with E-state index in [9.17, 15) is 0 Å². The smallest absolute Gasteiger partial charge is 0.169 e. The number of rotatable bonds is 4. The van der Waals surface area contributed by atoms with Crippen molar-refractivity contribution in [2.75, 3.05) is 17.3 Å². The fraction of sp³-hybridized carbons (Fsp3) is 0.235. The fourth-order valence-electron chi connectivity index (χ4n) is 2.35. The highest BCUT2D eigenvalue weighted by Crippen LogP contribution is 2.45. The Labute approximate surface area is 161 Å². The summed E-state index contributed by atoms with van der Waals surface area (Å²) in [5.41, 5.74) is 2.53. The minimum Gasteiger partial charge on any atom is -1.00 e. The van der Waals surface area contributed by atoms with Gasteiger partial charge in [-0.1, -0.05) is 39.8 Å². The normalized spacial score (nSPS) is 14.8. The van der Waals surface area contributed by atoms with Crippen LogP contribution in [0.2, 0.25) is 0 Å². The molecule has 2 aromatic rings. The van der Waals surface area contributed by atoms with Gasteiger partial charge in [0, 0.05) is 35.8 Å². The lowest BCUT2D eigenvalue weighted by atomic mass is 10.2. The van der Waals surface area contributed by atoms with Crippen molar-refractivity contribution in [3.63, 3.8) is 0 Å². The van der Waals surface area contributed by atoms with Gasteiger partial charge in [-0.25, -0.2) is 4.57 Å². The van der Waals surface area contributed by atoms with E-state index < -0.39 is 0 Å². The van der Waals surface area contributed by atoms with Crippen LogP contribution < -0.4 is 33.4 Å². The van der Waals surface area contributed by atoms with Crippen LogP contribution in [0.25, 0.3) is 6.08 Å². The molecule has 1 aromatic heterocycles. The predicted octanol–water partition coefficient (Wildman–Crippen LogP) is 1.30. The van der Waals surface area contributed by atoms with E-state index in [0.29, 0.717) is 0 Å². The van der Waals surface area contributed by atoms with E-state index in [1.165, 1.54) is 21.2 Å². The summed E-state index contributed by atoms with van der Waals surface area (Å²) in [6, 6.07) is 12.9. The number of anilines is 1. The highest BCUT2D eigenvalue weighted by atomic mass is 127. The zero-order valence-corrected chi connectivity index (χ0v) is 16.9. The lowest BCUT2D eigenvalue weighted by Gasteiger charge is -2.13. The number of fused-ring (bicyclic) bond motifs is 1. The minimum atomic E-state index is 0. The number of para-hydroxylation sites is 1. The van der Waals surface area contributed by atoms with Crippen LogP contribution in [0.4, 0.5) is 5.69 Å². The molecule has 0 bridgehead atoms. The molecule has 3 rings (SSSR count). The SMILES string of the molecule is CN1C(=Cc2cc[n+](CCCBr)cc2)Sc2ccccc21.[I-]. The molecule has 2 nitrogen and oxygen atoms in total. The van der Waals surface area contributed by atoms with Gasteiger partial charge in [0.05, 0.1) is 10.7 Å². The third-order valence-corrected chi connectivity index (χ3v) is 5.26. The van der Waals surface area contributed by atoms with E-state index in [4.69, 9.17) is 0 Å².